The van der Waals surface area contributed by atoms with Crippen LogP contribution in [0, 0.1) is 0 Å². The lowest BCUT2D eigenvalue weighted by Crippen LogP contribution is -2.16. The van der Waals surface area contributed by atoms with Gasteiger partial charge < -0.3 is 4.74 Å². The third kappa shape index (κ3) is 4.49. The Morgan fingerprint density at radius 1 is 1.12 bits per heavy atom. The van der Waals surface area contributed by atoms with Gasteiger partial charge >= 0.3 is 12.4 Å². The number of rotatable bonds is 3. The molecule has 17 heavy (non-hydrogen) atoms. The van der Waals surface area contributed by atoms with Crippen molar-refractivity contribution in [2.24, 2.45) is 0 Å². The summed E-state index contributed by atoms with van der Waals surface area (Å²) < 4.78 is 76.8. The third-order valence-electron chi connectivity index (χ3n) is 1.68. The maximum absolute atomic E-state index is 12.3. The molecule has 96 valence electrons. The fourth-order valence-corrected chi connectivity index (χ4v) is 0.997. The topological polar surface area (TPSA) is 22.1 Å². The van der Waals surface area contributed by atoms with E-state index in [0.717, 1.165) is 18.3 Å². The summed E-state index contributed by atoms with van der Waals surface area (Å²) in [5.74, 6) is -0.704. The molecule has 0 fully saturated rings. The first-order valence-electron chi connectivity index (χ1n) is 4.42. The van der Waals surface area contributed by atoms with Crippen molar-refractivity contribution < 1.29 is 31.1 Å². The van der Waals surface area contributed by atoms with Crippen LogP contribution in [0.2, 0.25) is 0 Å². The molecule has 1 heterocycles. The number of hydrogen-bond donors (Lipinski definition) is 0. The summed E-state index contributed by atoms with van der Waals surface area (Å²) in [6.45, 7) is -0.877. The Morgan fingerprint density at radius 2 is 1.76 bits per heavy atom. The van der Waals surface area contributed by atoms with Gasteiger partial charge in [0.2, 0.25) is 0 Å². The number of alkyl halides is 6. The van der Waals surface area contributed by atoms with E-state index in [0.29, 0.717) is 0 Å². The highest BCUT2D eigenvalue weighted by Gasteiger charge is 2.36. The minimum Gasteiger partial charge on any atom is -0.491 e. The quantitative estimate of drug-likeness (QED) is 0.776. The van der Waals surface area contributed by atoms with Gasteiger partial charge in [-0.3, -0.25) is 0 Å². The van der Waals surface area contributed by atoms with Crippen LogP contribution in [0.5, 0.6) is 5.75 Å². The Kier molecular flexibility index (Phi) is 3.84. The minimum atomic E-state index is -4.76. The van der Waals surface area contributed by atoms with Crippen molar-refractivity contribution in [3.63, 3.8) is 0 Å². The average Bonchev–Trinajstić information content (AvgIpc) is 2.15. The molecule has 1 aromatic rings. The highest BCUT2D eigenvalue weighted by atomic mass is 19.4. The third-order valence-corrected chi connectivity index (χ3v) is 1.68. The summed E-state index contributed by atoms with van der Waals surface area (Å²) in [4.78, 5) is 3.03. The second-order valence-corrected chi connectivity index (χ2v) is 3.06. The Balaban J connectivity index is 2.72. The summed E-state index contributed by atoms with van der Waals surface area (Å²) in [5.41, 5.74) is -1.33. The molecular formula is C9H7F6NO. The second kappa shape index (κ2) is 4.80. The van der Waals surface area contributed by atoms with Gasteiger partial charge in [0.05, 0.1) is 13.0 Å². The lowest BCUT2D eigenvalue weighted by atomic mass is 10.3. The van der Waals surface area contributed by atoms with Crippen LogP contribution >= 0.6 is 0 Å². The molecule has 0 aromatic carbocycles. The molecule has 0 aliphatic heterocycles. The van der Waals surface area contributed by atoms with Crippen LogP contribution in [-0.2, 0) is 6.18 Å². The second-order valence-electron chi connectivity index (χ2n) is 3.06. The van der Waals surface area contributed by atoms with E-state index in [1.807, 2.05) is 0 Å². The highest BCUT2D eigenvalue weighted by molar-refractivity contribution is 5.29. The monoisotopic (exact) mass is 259 g/mol. The van der Waals surface area contributed by atoms with E-state index in [1.54, 1.807) is 0 Å². The molecular weight excluding hydrogens is 252 g/mol. The average molecular weight is 259 g/mol. The Bertz CT molecular complexity index is 372. The van der Waals surface area contributed by atoms with Crippen LogP contribution in [0.3, 0.4) is 0 Å². The van der Waals surface area contributed by atoms with Gasteiger partial charge in [-0.2, -0.15) is 26.3 Å². The number of halogens is 6. The fraction of sp³-hybridized carbons (Fsp3) is 0.444. The molecule has 0 saturated carbocycles. The van der Waals surface area contributed by atoms with E-state index in [9.17, 15) is 26.3 Å². The van der Waals surface area contributed by atoms with Gasteiger partial charge in [-0.05, 0) is 12.1 Å². The first-order chi connectivity index (χ1) is 7.70. The van der Waals surface area contributed by atoms with Gasteiger partial charge in [-0.15, -0.1) is 0 Å². The molecule has 0 unspecified atom stereocenters. The lowest BCUT2D eigenvalue weighted by Gasteiger charge is -2.13. The zero-order valence-electron chi connectivity index (χ0n) is 8.27. The molecule has 0 radical (unpaired) electrons. The predicted molar refractivity (Wildman–Crippen MR) is 45.4 cm³/mol. The first-order valence-corrected chi connectivity index (χ1v) is 4.42. The van der Waals surface area contributed by atoms with Gasteiger partial charge in [-0.1, -0.05) is 0 Å². The number of ether oxygens (including phenoxy) is 1. The predicted octanol–water partition coefficient (Wildman–Crippen LogP) is 3.43. The molecule has 0 saturated heterocycles. The van der Waals surface area contributed by atoms with Gasteiger partial charge in [0, 0.05) is 6.20 Å². The van der Waals surface area contributed by atoms with Crippen molar-refractivity contribution in [2.75, 3.05) is 6.61 Å². The molecule has 2 nitrogen and oxygen atoms in total. The van der Waals surface area contributed by atoms with Crippen molar-refractivity contribution in [2.45, 2.75) is 18.8 Å². The van der Waals surface area contributed by atoms with E-state index in [1.165, 1.54) is 0 Å². The van der Waals surface area contributed by atoms with E-state index < -0.39 is 36.8 Å². The zero-order chi connectivity index (χ0) is 13.1. The Morgan fingerprint density at radius 3 is 2.29 bits per heavy atom. The summed E-state index contributed by atoms with van der Waals surface area (Å²) in [7, 11) is 0. The van der Waals surface area contributed by atoms with Gasteiger partial charge in [0.1, 0.15) is 5.75 Å². The summed E-state index contributed by atoms with van der Waals surface area (Å²) in [5, 5.41) is 0. The van der Waals surface area contributed by atoms with Crippen LogP contribution in [0.15, 0.2) is 18.3 Å². The van der Waals surface area contributed by atoms with Crippen molar-refractivity contribution in [3.8, 4) is 5.75 Å². The largest absolute Gasteiger partial charge is 0.491 e. The molecule has 0 aliphatic rings. The molecule has 0 bridgehead atoms. The molecule has 0 atom stereocenters. The zero-order valence-corrected chi connectivity index (χ0v) is 8.27. The van der Waals surface area contributed by atoms with Gasteiger partial charge in [0.15, 0.2) is 5.69 Å². The summed E-state index contributed by atoms with van der Waals surface area (Å²) in [6.07, 6.45) is -9.66. The molecule has 0 amide bonds. The summed E-state index contributed by atoms with van der Waals surface area (Å²) >= 11 is 0. The van der Waals surface area contributed by atoms with Crippen molar-refractivity contribution in [3.05, 3.63) is 24.0 Å². The van der Waals surface area contributed by atoms with Crippen LogP contribution in [0.25, 0.3) is 0 Å². The molecule has 0 N–H and O–H groups in total. The normalized spacial score (nSPS) is 12.6. The maximum Gasteiger partial charge on any atom is 0.437 e. The van der Waals surface area contributed by atoms with Gasteiger partial charge in [-0.25, -0.2) is 4.98 Å². The summed E-state index contributed by atoms with van der Waals surface area (Å²) in [6, 6.07) is 2.07. The Labute approximate surface area is 92.2 Å². The highest BCUT2D eigenvalue weighted by Crippen LogP contribution is 2.34. The lowest BCUT2D eigenvalue weighted by molar-refractivity contribution is -0.145. The van der Waals surface area contributed by atoms with E-state index >= 15 is 0 Å². The SMILES string of the molecule is FC(F)(F)CCOc1cccnc1C(F)(F)F. The molecule has 1 aromatic heterocycles. The smallest absolute Gasteiger partial charge is 0.437 e. The van der Waals surface area contributed by atoms with Crippen LogP contribution in [0.1, 0.15) is 12.1 Å². The Hall–Kier alpha value is -1.47. The first kappa shape index (κ1) is 13.6. The number of nitrogens with zero attached hydrogens (tertiary/aromatic N) is 1. The molecule has 1 rings (SSSR count). The van der Waals surface area contributed by atoms with E-state index in [4.69, 9.17) is 0 Å². The van der Waals surface area contributed by atoms with Crippen LogP contribution in [-0.4, -0.2) is 17.8 Å². The van der Waals surface area contributed by atoms with Crippen LogP contribution in [0.4, 0.5) is 26.3 Å². The van der Waals surface area contributed by atoms with Crippen molar-refractivity contribution in [1.82, 2.24) is 4.98 Å². The van der Waals surface area contributed by atoms with Crippen molar-refractivity contribution >= 4 is 0 Å². The van der Waals surface area contributed by atoms with Gasteiger partial charge in [0.25, 0.3) is 0 Å². The molecule has 8 heteroatoms. The fourth-order valence-electron chi connectivity index (χ4n) is 0.997. The van der Waals surface area contributed by atoms with Crippen LogP contribution < -0.4 is 4.74 Å². The minimum absolute atomic E-state index is 0.704. The van der Waals surface area contributed by atoms with E-state index in [-0.39, 0.29) is 0 Å². The number of aromatic nitrogens is 1. The number of pyridine rings is 1. The number of hydrogen-bond acceptors (Lipinski definition) is 2. The maximum atomic E-state index is 12.3. The standard InChI is InChI=1S/C9H7F6NO/c10-8(11,12)3-5-17-6-2-1-4-16-7(6)9(13,14)15/h1-2,4H,3,5H2. The van der Waals surface area contributed by atoms with Crippen molar-refractivity contribution in [1.29, 1.82) is 0 Å². The molecule has 0 spiro atoms. The van der Waals surface area contributed by atoms with E-state index in [2.05, 4.69) is 9.72 Å². The molecule has 0 aliphatic carbocycles.